The summed E-state index contributed by atoms with van der Waals surface area (Å²) in [5.74, 6) is 1.04. The van der Waals surface area contributed by atoms with Gasteiger partial charge < -0.3 is 24.2 Å². The first kappa shape index (κ1) is 31.1. The fourth-order valence-corrected chi connectivity index (χ4v) is 6.56. The Kier molecular flexibility index (Phi) is 10.8. The van der Waals surface area contributed by atoms with E-state index in [1.54, 1.807) is 30.7 Å². The maximum absolute atomic E-state index is 13.1. The predicted molar refractivity (Wildman–Crippen MR) is 170 cm³/mol. The largest absolute Gasteiger partial charge is 0.466 e. The highest BCUT2D eigenvalue weighted by Crippen LogP contribution is 2.28. The molecule has 0 aliphatic carbocycles. The lowest BCUT2D eigenvalue weighted by Gasteiger charge is -2.37. The Hall–Kier alpha value is -3.34. The van der Waals surface area contributed by atoms with Crippen molar-refractivity contribution in [2.75, 3.05) is 62.8 Å². The Morgan fingerprint density at radius 1 is 1.00 bits per heavy atom. The van der Waals surface area contributed by atoms with Gasteiger partial charge in [0.25, 0.3) is 5.91 Å². The second-order valence-corrected chi connectivity index (χ2v) is 12.0. The average molecular weight is 624 g/mol. The number of likely N-dealkylation sites (tertiary alicyclic amines) is 1. The van der Waals surface area contributed by atoms with Crippen molar-refractivity contribution in [1.29, 1.82) is 0 Å². The van der Waals surface area contributed by atoms with Gasteiger partial charge in [-0.25, -0.2) is 9.97 Å². The molecule has 1 atom stereocenters. The molecule has 2 fully saturated rings. The van der Waals surface area contributed by atoms with Crippen molar-refractivity contribution in [2.45, 2.75) is 37.3 Å². The number of hydrogen-bond donors (Lipinski definition) is 0. The summed E-state index contributed by atoms with van der Waals surface area (Å²) in [5, 5.41) is 1.46. The number of rotatable bonds is 10. The molecule has 5 rings (SSSR count). The molecule has 0 spiro atoms. The van der Waals surface area contributed by atoms with Gasteiger partial charge in [0.2, 0.25) is 0 Å². The minimum Gasteiger partial charge on any atom is -0.466 e. The van der Waals surface area contributed by atoms with Crippen LogP contribution in [0.3, 0.4) is 0 Å². The van der Waals surface area contributed by atoms with Gasteiger partial charge in [-0.2, -0.15) is 0 Å². The third-order valence-electron chi connectivity index (χ3n) is 7.73. The van der Waals surface area contributed by atoms with E-state index in [0.717, 1.165) is 66.8 Å². The molecule has 2 aliphatic rings. The van der Waals surface area contributed by atoms with Crippen LogP contribution in [0, 0.1) is 5.92 Å². The second-order valence-electron chi connectivity index (χ2n) is 10.7. The van der Waals surface area contributed by atoms with Crippen molar-refractivity contribution in [2.24, 2.45) is 5.92 Å². The Morgan fingerprint density at radius 2 is 1.74 bits per heavy atom. The highest BCUT2D eigenvalue weighted by molar-refractivity contribution is 7.98. The van der Waals surface area contributed by atoms with Crippen LogP contribution in [0.2, 0.25) is 5.02 Å². The van der Waals surface area contributed by atoms with Gasteiger partial charge in [-0.05, 0) is 49.6 Å². The highest BCUT2D eigenvalue weighted by atomic mass is 35.5. The molecular formula is C32H38ClN5O4S. The Morgan fingerprint density at radius 3 is 2.47 bits per heavy atom. The number of ether oxygens (including phenoxy) is 2. The molecule has 2 aliphatic heterocycles. The molecule has 0 saturated carbocycles. The number of thioether (sulfide) groups is 1. The zero-order valence-corrected chi connectivity index (χ0v) is 26.3. The molecule has 0 bridgehead atoms. The molecule has 0 N–H and O–H groups in total. The maximum atomic E-state index is 13.1. The fraction of sp³-hybridized carbons (Fsp3) is 0.438. The van der Waals surface area contributed by atoms with Crippen molar-refractivity contribution < 1.29 is 19.1 Å². The number of piperazine rings is 1. The predicted octanol–water partition coefficient (Wildman–Crippen LogP) is 5.31. The van der Waals surface area contributed by atoms with Gasteiger partial charge in [0.05, 0.1) is 35.5 Å². The summed E-state index contributed by atoms with van der Waals surface area (Å²) in [7, 11) is 1.67. The summed E-state index contributed by atoms with van der Waals surface area (Å²) >= 11 is 7.99. The number of halogens is 1. The van der Waals surface area contributed by atoms with Gasteiger partial charge in [0.15, 0.2) is 5.16 Å². The molecule has 1 aromatic heterocycles. The van der Waals surface area contributed by atoms with Gasteiger partial charge in [-0.3, -0.25) is 9.59 Å². The number of hydrogen-bond acceptors (Lipinski definition) is 9. The SMILES string of the molecule is CCOC(=O)[C@@H]1CCCN(C(=O)c2ccc(CSc3nc(COC)cc(N4CCN(c5ccccc5Cl)CC4)n3)cc2)C1. The van der Waals surface area contributed by atoms with E-state index in [4.69, 9.17) is 31.0 Å². The van der Waals surface area contributed by atoms with Crippen LogP contribution in [0.4, 0.5) is 11.5 Å². The lowest BCUT2D eigenvalue weighted by molar-refractivity contribution is -0.149. The van der Waals surface area contributed by atoms with E-state index < -0.39 is 0 Å². The quantitative estimate of drug-likeness (QED) is 0.169. The molecule has 3 aromatic rings. The number of piperidine rings is 1. The zero-order valence-electron chi connectivity index (χ0n) is 24.7. The van der Waals surface area contributed by atoms with Crippen LogP contribution in [0.5, 0.6) is 0 Å². The Balaban J connectivity index is 1.19. The lowest BCUT2D eigenvalue weighted by atomic mass is 9.97. The number of para-hydroxylation sites is 1. The van der Waals surface area contributed by atoms with Gasteiger partial charge in [0, 0.05) is 63.8 Å². The van der Waals surface area contributed by atoms with Gasteiger partial charge in [-0.1, -0.05) is 47.6 Å². The van der Waals surface area contributed by atoms with Crippen molar-refractivity contribution >= 4 is 46.7 Å². The summed E-state index contributed by atoms with van der Waals surface area (Å²) in [6.45, 7) is 6.97. The standard InChI is InChI=1S/C32H38ClN5O4S/c1-3-42-31(40)25-7-6-14-38(20-25)30(39)24-12-10-23(11-13-24)22-43-32-34-26(21-41-2)19-29(35-32)37-17-15-36(16-18-37)28-9-5-4-8-27(28)33/h4-5,8-13,19,25H,3,6-7,14-18,20-22H2,1-2H3/t25-/m1/s1. The molecular weight excluding hydrogens is 586 g/mol. The fourth-order valence-electron chi connectivity index (χ4n) is 5.48. The number of benzene rings is 2. The van der Waals surface area contributed by atoms with E-state index in [-0.39, 0.29) is 17.8 Å². The van der Waals surface area contributed by atoms with Gasteiger partial charge in [-0.15, -0.1) is 0 Å². The zero-order chi connectivity index (χ0) is 30.2. The Labute approximate surface area is 262 Å². The molecule has 11 heteroatoms. The normalized spacial score (nSPS) is 17.2. The summed E-state index contributed by atoms with van der Waals surface area (Å²) in [6.07, 6.45) is 1.55. The minimum absolute atomic E-state index is 0.0527. The topological polar surface area (TPSA) is 88.1 Å². The van der Waals surface area contributed by atoms with Crippen molar-refractivity contribution in [3.05, 3.63) is 76.4 Å². The van der Waals surface area contributed by atoms with Crippen LogP contribution < -0.4 is 9.80 Å². The third-order valence-corrected chi connectivity index (χ3v) is 8.97. The van der Waals surface area contributed by atoms with Crippen LogP contribution in [0.25, 0.3) is 0 Å². The van der Waals surface area contributed by atoms with Crippen molar-refractivity contribution in [1.82, 2.24) is 14.9 Å². The van der Waals surface area contributed by atoms with E-state index >= 15 is 0 Å². The number of anilines is 2. The first-order chi connectivity index (χ1) is 20.9. The summed E-state index contributed by atoms with van der Waals surface area (Å²) in [6, 6.07) is 17.6. The molecule has 228 valence electrons. The number of aromatic nitrogens is 2. The maximum Gasteiger partial charge on any atom is 0.310 e. The summed E-state index contributed by atoms with van der Waals surface area (Å²) < 4.78 is 10.6. The second kappa shape index (κ2) is 14.9. The van der Waals surface area contributed by atoms with Crippen LogP contribution in [0.15, 0.2) is 59.8 Å². The molecule has 9 nitrogen and oxygen atoms in total. The van der Waals surface area contributed by atoms with Crippen molar-refractivity contribution in [3.8, 4) is 0 Å². The molecule has 1 amide bonds. The molecule has 3 heterocycles. The molecule has 2 saturated heterocycles. The number of carbonyl (C=O) groups is 2. The van der Waals surface area contributed by atoms with Gasteiger partial charge in [0.1, 0.15) is 5.82 Å². The van der Waals surface area contributed by atoms with Crippen LogP contribution in [-0.2, 0) is 26.6 Å². The lowest BCUT2D eigenvalue weighted by Crippen LogP contribution is -2.47. The van der Waals surface area contributed by atoms with Crippen LogP contribution in [0.1, 0.15) is 41.4 Å². The van der Waals surface area contributed by atoms with E-state index in [1.165, 1.54) is 0 Å². The number of amides is 1. The number of methoxy groups -OCH3 is 1. The third kappa shape index (κ3) is 7.99. The average Bonchev–Trinajstić information content (AvgIpc) is 3.04. The molecule has 2 aromatic carbocycles. The Bertz CT molecular complexity index is 1400. The van der Waals surface area contributed by atoms with E-state index in [2.05, 4.69) is 15.9 Å². The van der Waals surface area contributed by atoms with E-state index in [1.807, 2.05) is 48.5 Å². The monoisotopic (exact) mass is 623 g/mol. The van der Waals surface area contributed by atoms with Crippen LogP contribution >= 0.6 is 23.4 Å². The first-order valence-electron chi connectivity index (χ1n) is 14.7. The number of esters is 1. The van der Waals surface area contributed by atoms with Gasteiger partial charge >= 0.3 is 5.97 Å². The van der Waals surface area contributed by atoms with E-state index in [0.29, 0.717) is 42.8 Å². The highest BCUT2D eigenvalue weighted by Gasteiger charge is 2.30. The summed E-state index contributed by atoms with van der Waals surface area (Å²) in [4.78, 5) is 41.3. The van der Waals surface area contributed by atoms with E-state index in [9.17, 15) is 9.59 Å². The first-order valence-corrected chi connectivity index (χ1v) is 16.1. The van der Waals surface area contributed by atoms with Crippen LogP contribution in [-0.4, -0.2) is 79.7 Å². The molecule has 0 radical (unpaired) electrons. The number of nitrogens with zero attached hydrogens (tertiary/aromatic N) is 5. The molecule has 43 heavy (non-hydrogen) atoms. The smallest absolute Gasteiger partial charge is 0.310 e. The number of carbonyl (C=O) groups excluding carboxylic acids is 2. The van der Waals surface area contributed by atoms with Crippen molar-refractivity contribution in [3.63, 3.8) is 0 Å². The minimum atomic E-state index is -0.252. The molecule has 0 unspecified atom stereocenters. The summed E-state index contributed by atoms with van der Waals surface area (Å²) in [5.41, 5.74) is 3.59.